The Morgan fingerprint density at radius 2 is 1.72 bits per heavy atom. The minimum atomic E-state index is -1.34. The summed E-state index contributed by atoms with van der Waals surface area (Å²) in [7, 11) is 0. The number of benzene rings is 1. The summed E-state index contributed by atoms with van der Waals surface area (Å²) in [6.07, 6.45) is 17.8. The summed E-state index contributed by atoms with van der Waals surface area (Å²) < 4.78 is 0. The van der Waals surface area contributed by atoms with Gasteiger partial charge < -0.3 is 25.5 Å². The molecule has 11 aliphatic rings. The van der Waals surface area contributed by atoms with Crippen LogP contribution in [0.15, 0.2) is 29.8 Å². The Morgan fingerprint density at radius 1 is 0.948 bits per heavy atom. The molecule has 0 heterocycles. The molecule has 16 atom stereocenters. The number of carbonyl (C=O) groups excluding carboxylic acids is 2. The largest absolute Gasteiger partial charge is 0.394 e. The Morgan fingerprint density at radius 3 is 2.48 bits per heavy atom. The Bertz CT molecular complexity index is 2200. The van der Waals surface area contributed by atoms with E-state index in [9.17, 15) is 30.3 Å². The van der Waals surface area contributed by atoms with Gasteiger partial charge in [-0.05, 0) is 151 Å². The van der Waals surface area contributed by atoms with Crippen LogP contribution < -0.4 is 10.4 Å². The molecule has 5 bridgehead atoms. The van der Waals surface area contributed by atoms with Crippen molar-refractivity contribution in [3.63, 3.8) is 0 Å². The molecular formula is C51H64O7. The van der Waals surface area contributed by atoms with E-state index < -0.39 is 63.5 Å². The molecule has 3 spiro atoms. The van der Waals surface area contributed by atoms with Crippen LogP contribution in [0.25, 0.3) is 12.2 Å². The van der Waals surface area contributed by atoms with E-state index in [2.05, 4.69) is 50.0 Å². The molecule has 1 aromatic carbocycles. The van der Waals surface area contributed by atoms with E-state index in [0.29, 0.717) is 37.7 Å². The van der Waals surface area contributed by atoms with Gasteiger partial charge in [0.05, 0.1) is 24.9 Å². The molecule has 7 saturated carbocycles. The lowest BCUT2D eigenvalue weighted by Gasteiger charge is -2.79. The van der Waals surface area contributed by atoms with Crippen molar-refractivity contribution in [1.82, 2.24) is 0 Å². The van der Waals surface area contributed by atoms with Gasteiger partial charge in [0, 0.05) is 34.1 Å². The van der Waals surface area contributed by atoms with Crippen LogP contribution >= 0.6 is 0 Å². The van der Waals surface area contributed by atoms with Gasteiger partial charge in [-0.15, -0.1) is 5.92 Å². The van der Waals surface area contributed by atoms with Crippen LogP contribution in [-0.4, -0.2) is 68.1 Å². The van der Waals surface area contributed by atoms with E-state index in [1.165, 1.54) is 5.57 Å². The molecule has 7 fully saturated rings. The van der Waals surface area contributed by atoms with E-state index in [1.807, 2.05) is 19.1 Å². The number of hydrogen-bond acceptors (Lipinski definition) is 7. The van der Waals surface area contributed by atoms with Crippen molar-refractivity contribution in [1.29, 1.82) is 0 Å². The maximum Gasteiger partial charge on any atom is 0.159 e. The highest BCUT2D eigenvalue weighted by Gasteiger charge is 2.84. The van der Waals surface area contributed by atoms with Gasteiger partial charge in [-0.2, -0.15) is 0 Å². The quantitative estimate of drug-likeness (QED) is 0.205. The van der Waals surface area contributed by atoms with Gasteiger partial charge in [0.1, 0.15) is 5.60 Å². The number of ketones is 1. The van der Waals surface area contributed by atoms with E-state index >= 15 is 4.79 Å². The van der Waals surface area contributed by atoms with E-state index in [1.54, 1.807) is 0 Å². The molecule has 58 heavy (non-hydrogen) atoms. The monoisotopic (exact) mass is 788 g/mol. The van der Waals surface area contributed by atoms with Gasteiger partial charge >= 0.3 is 0 Å². The van der Waals surface area contributed by atoms with Gasteiger partial charge in [-0.25, -0.2) is 0 Å². The lowest BCUT2D eigenvalue weighted by molar-refractivity contribution is -0.321. The first kappa shape index (κ1) is 38.3. The molecule has 0 radical (unpaired) electrons. The first-order valence-electron chi connectivity index (χ1n) is 23.1. The van der Waals surface area contributed by atoms with Crippen molar-refractivity contribution in [3.05, 3.63) is 45.8 Å². The summed E-state index contributed by atoms with van der Waals surface area (Å²) in [5.74, 6) is 6.04. The Hall–Kier alpha value is -2.60. The van der Waals surface area contributed by atoms with E-state index in [0.717, 1.165) is 87.4 Å². The van der Waals surface area contributed by atoms with Crippen molar-refractivity contribution in [2.75, 3.05) is 6.61 Å². The fourth-order valence-corrected chi connectivity index (χ4v) is 19.3. The summed E-state index contributed by atoms with van der Waals surface area (Å²) in [5.41, 5.74) is -3.41. The second kappa shape index (κ2) is 12.1. The average molecular weight is 789 g/mol. The lowest BCUT2D eigenvalue weighted by atomic mass is 9.25. The maximum atomic E-state index is 16.2. The zero-order valence-corrected chi connectivity index (χ0v) is 34.8. The zero-order valence-electron chi connectivity index (χ0n) is 34.8. The number of carbonyl (C=O) groups is 2. The first-order valence-corrected chi connectivity index (χ1v) is 23.1. The molecular weight excluding hydrogens is 725 g/mol. The summed E-state index contributed by atoms with van der Waals surface area (Å²) in [6.45, 7) is 6.37. The zero-order chi connectivity index (χ0) is 40.5. The summed E-state index contributed by atoms with van der Waals surface area (Å²) in [6, 6.07) is 5.90. The van der Waals surface area contributed by atoms with Crippen LogP contribution in [0.5, 0.6) is 0 Å². The molecule has 1 aromatic rings. The standard InChI is InChI=1S/C51H64O7/c1-44-15-4-7-18-49(58)21-12-34-43(57)51(49,47(29-44)16-5-6-17-47)37(26-44)36-25-38(54)42-48(46(34,36)3)19-11-31-23-33-30(9-8-10-32(33)27-52)24-35(31)50(42)22-14-40(55)45(2,41(56)28-53)39(50)13-20-48/h8-10,23-25,27,31,34-35,37,39-43,53,55-58H,4-6,11-17,19-22,26,28-29H2,1-3H3. The third-order valence-corrected chi connectivity index (χ3v) is 21.2. The fraction of sp³-hybridized carbons (Fsp3) is 0.725. The van der Waals surface area contributed by atoms with E-state index in [4.69, 9.17) is 0 Å². The molecule has 7 nitrogen and oxygen atoms in total. The van der Waals surface area contributed by atoms with Crippen LogP contribution in [0.3, 0.4) is 0 Å². The van der Waals surface area contributed by atoms with E-state index in [-0.39, 0.29) is 46.2 Å². The minimum absolute atomic E-state index is 0.0236. The summed E-state index contributed by atoms with van der Waals surface area (Å²) in [4.78, 5) is 28.6. The Balaban J connectivity index is 1.19. The van der Waals surface area contributed by atoms with Gasteiger partial charge in [-0.3, -0.25) is 9.59 Å². The summed E-state index contributed by atoms with van der Waals surface area (Å²) >= 11 is 0. The van der Waals surface area contributed by atoms with Gasteiger partial charge in [0.2, 0.25) is 0 Å². The first-order chi connectivity index (χ1) is 27.7. The molecule has 310 valence electrons. The number of aliphatic hydroxyl groups is 5. The molecule has 0 amide bonds. The normalized spacial score (nSPS) is 51.8. The smallest absolute Gasteiger partial charge is 0.159 e. The van der Waals surface area contributed by atoms with Crippen LogP contribution in [0.2, 0.25) is 0 Å². The Kier molecular flexibility index (Phi) is 7.97. The van der Waals surface area contributed by atoms with Crippen LogP contribution in [0.1, 0.15) is 134 Å². The molecule has 0 aliphatic heterocycles. The third kappa shape index (κ3) is 4.09. The number of aliphatic hydroxyl groups excluding tert-OH is 4. The van der Waals surface area contributed by atoms with Crippen molar-refractivity contribution in [2.45, 2.75) is 147 Å². The highest BCUT2D eigenvalue weighted by Crippen LogP contribution is 2.85. The van der Waals surface area contributed by atoms with Crippen molar-refractivity contribution in [3.8, 4) is 11.8 Å². The summed E-state index contributed by atoms with van der Waals surface area (Å²) in [5, 5.41) is 63.5. The number of rotatable bonds is 3. The topological polar surface area (TPSA) is 135 Å². The fourth-order valence-electron chi connectivity index (χ4n) is 19.3. The van der Waals surface area contributed by atoms with Crippen molar-refractivity contribution >= 4 is 24.2 Å². The lowest BCUT2D eigenvalue weighted by Crippen LogP contribution is -2.80. The molecule has 0 aromatic heterocycles. The predicted octanol–water partition coefficient (Wildman–Crippen LogP) is 5.40. The predicted molar refractivity (Wildman–Crippen MR) is 220 cm³/mol. The third-order valence-electron chi connectivity index (χ3n) is 21.2. The molecule has 16 unspecified atom stereocenters. The SMILES string of the molecule is CC12CCC#CC3(O)CCC4C(O)C3(C(C1)C1=CC(=O)C3C56CCC(O)C(C)(C(O)CO)C5CCC3(CCC3C=c5c(C=O)cccc5=CC36)C14C)C1(CCCC1)C2. The molecule has 12 rings (SSSR count). The second-order valence-corrected chi connectivity index (χ2v) is 22.5. The molecule has 7 heteroatoms. The Labute approximate surface area is 343 Å². The maximum absolute atomic E-state index is 16.2. The van der Waals surface area contributed by atoms with Crippen LogP contribution in [0, 0.1) is 85.3 Å². The van der Waals surface area contributed by atoms with Crippen LogP contribution in [-0.2, 0) is 4.79 Å². The second-order valence-electron chi connectivity index (χ2n) is 22.5. The number of hydrogen-bond donors (Lipinski definition) is 5. The molecule has 11 aliphatic carbocycles. The van der Waals surface area contributed by atoms with Gasteiger partial charge in [0.15, 0.2) is 12.1 Å². The van der Waals surface area contributed by atoms with Crippen molar-refractivity contribution < 1.29 is 35.1 Å². The van der Waals surface area contributed by atoms with Gasteiger partial charge in [-0.1, -0.05) is 75.5 Å². The van der Waals surface area contributed by atoms with Gasteiger partial charge in [0.25, 0.3) is 0 Å². The minimum Gasteiger partial charge on any atom is -0.394 e. The highest BCUT2D eigenvalue weighted by atomic mass is 16.3. The van der Waals surface area contributed by atoms with Crippen LogP contribution in [0.4, 0.5) is 0 Å². The van der Waals surface area contributed by atoms with Crippen molar-refractivity contribution in [2.24, 2.45) is 73.4 Å². The molecule has 0 saturated heterocycles. The number of allylic oxidation sites excluding steroid dienone is 2. The number of fused-ring (bicyclic) bond motifs is 7. The molecule has 5 N–H and O–H groups in total. The average Bonchev–Trinajstić information content (AvgIpc) is 3.67. The number of aldehydes is 1. The highest BCUT2D eigenvalue weighted by molar-refractivity contribution is 5.96.